The Morgan fingerprint density at radius 1 is 1.00 bits per heavy atom. The first-order valence-corrected chi connectivity index (χ1v) is 8.25. The summed E-state index contributed by atoms with van der Waals surface area (Å²) >= 11 is 6.07. The van der Waals surface area contributed by atoms with E-state index < -0.39 is 34.9 Å². The first kappa shape index (κ1) is 20.9. The molecule has 0 N–H and O–H groups in total. The SMILES string of the molecule is Cc1nn(C)c(Cl)c1C=Cc1nc(-c2cc(C(F)(F)F)cc(C(F)(F)F)c2)no1. The van der Waals surface area contributed by atoms with Gasteiger partial charge in [0.1, 0.15) is 5.15 Å². The Hall–Kier alpha value is -2.82. The second kappa shape index (κ2) is 7.21. The van der Waals surface area contributed by atoms with Gasteiger partial charge < -0.3 is 4.52 Å². The topological polar surface area (TPSA) is 56.7 Å². The van der Waals surface area contributed by atoms with E-state index in [0.717, 1.165) is 0 Å². The molecule has 0 unspecified atom stereocenters. The van der Waals surface area contributed by atoms with E-state index in [-0.39, 0.29) is 12.0 Å². The predicted molar refractivity (Wildman–Crippen MR) is 91.6 cm³/mol. The number of alkyl halides is 6. The second-order valence-electron chi connectivity index (χ2n) is 6.00. The molecule has 2 heterocycles. The minimum Gasteiger partial charge on any atom is -0.334 e. The zero-order valence-corrected chi connectivity index (χ0v) is 15.5. The number of aryl methyl sites for hydroxylation is 2. The van der Waals surface area contributed by atoms with E-state index in [1.54, 1.807) is 14.0 Å². The maximum atomic E-state index is 13.0. The highest BCUT2D eigenvalue weighted by Gasteiger charge is 2.37. The van der Waals surface area contributed by atoms with Crippen LogP contribution in [0.4, 0.5) is 26.3 Å². The number of aromatic nitrogens is 4. The Bertz CT molecular complexity index is 1050. The van der Waals surface area contributed by atoms with Crippen LogP contribution in [-0.4, -0.2) is 19.9 Å². The van der Waals surface area contributed by atoms with Crippen LogP contribution in [0.5, 0.6) is 0 Å². The lowest BCUT2D eigenvalue weighted by Gasteiger charge is -2.12. The molecule has 0 aliphatic carbocycles. The van der Waals surface area contributed by atoms with Crippen molar-refractivity contribution in [3.05, 3.63) is 51.6 Å². The summed E-state index contributed by atoms with van der Waals surface area (Å²) in [5, 5.41) is 7.89. The van der Waals surface area contributed by atoms with Crippen molar-refractivity contribution in [3.63, 3.8) is 0 Å². The minimum absolute atomic E-state index is 0.0254. The van der Waals surface area contributed by atoms with Crippen molar-refractivity contribution in [1.82, 2.24) is 19.9 Å². The molecule has 5 nitrogen and oxygen atoms in total. The van der Waals surface area contributed by atoms with E-state index in [9.17, 15) is 26.3 Å². The summed E-state index contributed by atoms with van der Waals surface area (Å²) < 4.78 is 84.2. The smallest absolute Gasteiger partial charge is 0.334 e. The van der Waals surface area contributed by atoms with Crippen LogP contribution >= 0.6 is 11.6 Å². The van der Waals surface area contributed by atoms with Gasteiger partial charge in [0.25, 0.3) is 5.89 Å². The molecule has 2 aromatic heterocycles. The van der Waals surface area contributed by atoms with Crippen LogP contribution in [-0.2, 0) is 19.4 Å². The minimum atomic E-state index is -4.98. The zero-order valence-electron chi connectivity index (χ0n) is 14.7. The fraction of sp³-hybridized carbons (Fsp3) is 0.235. The van der Waals surface area contributed by atoms with Gasteiger partial charge in [-0.25, -0.2) is 0 Å². The molecule has 0 bridgehead atoms. The van der Waals surface area contributed by atoms with Crippen molar-refractivity contribution in [2.24, 2.45) is 7.05 Å². The summed E-state index contributed by atoms with van der Waals surface area (Å²) in [6.07, 6.45) is -7.13. The molecule has 0 fully saturated rings. The van der Waals surface area contributed by atoms with E-state index in [1.807, 2.05) is 0 Å². The van der Waals surface area contributed by atoms with Gasteiger partial charge in [0.05, 0.1) is 16.8 Å². The standard InChI is InChI=1S/C17H11ClF6N4O/c1-8-12(14(18)28(2)26-8)3-4-13-25-15(27-29-13)9-5-10(16(19,20)21)7-11(6-9)17(22,23)24/h3-7H,1-2H3. The number of benzene rings is 1. The summed E-state index contributed by atoms with van der Waals surface area (Å²) in [5.74, 6) is -0.555. The van der Waals surface area contributed by atoms with Crippen LogP contribution < -0.4 is 0 Å². The molecule has 1 aromatic carbocycles. The molecule has 3 aromatic rings. The van der Waals surface area contributed by atoms with E-state index in [4.69, 9.17) is 16.1 Å². The van der Waals surface area contributed by atoms with Gasteiger partial charge in [-0.1, -0.05) is 16.8 Å². The number of halogens is 7. The van der Waals surface area contributed by atoms with Gasteiger partial charge in [0, 0.05) is 24.3 Å². The first-order chi connectivity index (χ1) is 13.4. The van der Waals surface area contributed by atoms with Crippen molar-refractivity contribution < 1.29 is 30.9 Å². The van der Waals surface area contributed by atoms with Crippen LogP contribution in [0.2, 0.25) is 5.15 Å². The fourth-order valence-corrected chi connectivity index (χ4v) is 2.73. The lowest BCUT2D eigenvalue weighted by Crippen LogP contribution is -2.11. The molecule has 0 saturated carbocycles. The highest BCUT2D eigenvalue weighted by Crippen LogP contribution is 2.38. The quantitative estimate of drug-likeness (QED) is 0.499. The average Bonchev–Trinajstić information content (AvgIpc) is 3.17. The number of nitrogens with zero attached hydrogens (tertiary/aromatic N) is 4. The van der Waals surface area contributed by atoms with Crippen LogP contribution in [0.25, 0.3) is 23.5 Å². The van der Waals surface area contributed by atoms with Crippen LogP contribution in [0.1, 0.15) is 28.3 Å². The first-order valence-electron chi connectivity index (χ1n) is 7.87. The molecule has 12 heteroatoms. The maximum Gasteiger partial charge on any atom is 0.416 e. The molecule has 0 amide bonds. The Labute approximate surface area is 164 Å². The molecule has 0 aliphatic heterocycles. The number of rotatable bonds is 3. The van der Waals surface area contributed by atoms with E-state index >= 15 is 0 Å². The van der Waals surface area contributed by atoms with Crippen LogP contribution in [0, 0.1) is 6.92 Å². The van der Waals surface area contributed by atoms with Gasteiger partial charge >= 0.3 is 12.4 Å². The molecular formula is C17H11ClF6N4O. The zero-order chi connectivity index (χ0) is 21.6. The third-order valence-electron chi connectivity index (χ3n) is 3.88. The molecule has 0 aliphatic rings. The Balaban J connectivity index is 1.98. The number of hydrogen-bond acceptors (Lipinski definition) is 4. The second-order valence-corrected chi connectivity index (χ2v) is 6.36. The summed E-state index contributed by atoms with van der Waals surface area (Å²) in [6, 6.07) is 1.07. The average molecular weight is 437 g/mol. The molecule has 3 rings (SSSR count). The van der Waals surface area contributed by atoms with Crippen LogP contribution in [0.3, 0.4) is 0 Å². The normalized spacial score (nSPS) is 12.9. The van der Waals surface area contributed by atoms with Gasteiger partial charge in [0.15, 0.2) is 0 Å². The molecule has 0 radical (unpaired) electrons. The summed E-state index contributed by atoms with van der Waals surface area (Å²) in [6.45, 7) is 1.70. The molecule has 0 spiro atoms. The van der Waals surface area contributed by atoms with E-state index in [0.29, 0.717) is 28.5 Å². The maximum absolute atomic E-state index is 13.0. The van der Waals surface area contributed by atoms with Crippen LogP contribution in [0.15, 0.2) is 22.7 Å². The highest BCUT2D eigenvalue weighted by molar-refractivity contribution is 6.31. The van der Waals surface area contributed by atoms with Gasteiger partial charge in [-0.05, 0) is 31.2 Å². The van der Waals surface area contributed by atoms with E-state index in [1.165, 1.54) is 16.8 Å². The Morgan fingerprint density at radius 2 is 1.59 bits per heavy atom. The highest BCUT2D eigenvalue weighted by atomic mass is 35.5. The Kier molecular flexibility index (Phi) is 5.20. The van der Waals surface area contributed by atoms with Crippen molar-refractivity contribution >= 4 is 23.8 Å². The molecule has 29 heavy (non-hydrogen) atoms. The van der Waals surface area contributed by atoms with Crippen molar-refractivity contribution in [2.75, 3.05) is 0 Å². The van der Waals surface area contributed by atoms with Gasteiger partial charge in [0.2, 0.25) is 5.82 Å². The van der Waals surface area contributed by atoms with Gasteiger partial charge in [-0.15, -0.1) is 0 Å². The molecule has 154 valence electrons. The molecule has 0 atom stereocenters. The van der Waals surface area contributed by atoms with Gasteiger partial charge in [-0.2, -0.15) is 36.4 Å². The third-order valence-corrected chi connectivity index (χ3v) is 4.32. The fourth-order valence-electron chi connectivity index (χ4n) is 2.49. The van der Waals surface area contributed by atoms with Crippen molar-refractivity contribution in [1.29, 1.82) is 0 Å². The van der Waals surface area contributed by atoms with E-state index in [2.05, 4.69) is 15.2 Å². The van der Waals surface area contributed by atoms with Crippen molar-refractivity contribution in [3.8, 4) is 11.4 Å². The Morgan fingerprint density at radius 3 is 2.07 bits per heavy atom. The predicted octanol–water partition coefficient (Wildman–Crippen LogP) is 5.64. The third kappa shape index (κ3) is 4.44. The van der Waals surface area contributed by atoms with Gasteiger partial charge in [-0.3, -0.25) is 4.68 Å². The summed E-state index contributed by atoms with van der Waals surface area (Å²) in [5.41, 5.74) is -2.27. The molecular weight excluding hydrogens is 426 g/mol. The summed E-state index contributed by atoms with van der Waals surface area (Å²) in [4.78, 5) is 3.84. The summed E-state index contributed by atoms with van der Waals surface area (Å²) in [7, 11) is 1.63. The lowest BCUT2D eigenvalue weighted by molar-refractivity contribution is -0.143. The monoisotopic (exact) mass is 436 g/mol. The van der Waals surface area contributed by atoms with Crippen molar-refractivity contribution in [2.45, 2.75) is 19.3 Å². The largest absolute Gasteiger partial charge is 0.416 e. The lowest BCUT2D eigenvalue weighted by atomic mass is 10.0. The molecule has 0 saturated heterocycles. The number of hydrogen-bond donors (Lipinski definition) is 0.